The lowest BCUT2D eigenvalue weighted by Crippen LogP contribution is -2.39. The van der Waals surface area contributed by atoms with Gasteiger partial charge in [0, 0.05) is 31.0 Å². The Morgan fingerprint density at radius 2 is 1.68 bits per heavy atom. The molecule has 0 saturated heterocycles. The molecule has 3 N–H and O–H groups in total. The van der Waals surface area contributed by atoms with Crippen LogP contribution in [0, 0.1) is 23.3 Å². The Balaban J connectivity index is 0.000000339. The van der Waals surface area contributed by atoms with Crippen molar-refractivity contribution in [2.24, 2.45) is 5.73 Å². The minimum Gasteiger partial charge on any atom is -0.475 e. The first-order chi connectivity index (χ1) is 14.4. The van der Waals surface area contributed by atoms with E-state index in [0.717, 1.165) is 6.07 Å². The fourth-order valence-corrected chi connectivity index (χ4v) is 3.35. The molecule has 2 heterocycles. The molecule has 31 heavy (non-hydrogen) atoms. The molecule has 5 nitrogen and oxygen atoms in total. The molecule has 0 saturated carbocycles. The van der Waals surface area contributed by atoms with Crippen molar-refractivity contribution in [2.45, 2.75) is 31.1 Å². The fourth-order valence-electron chi connectivity index (χ4n) is 3.35. The number of imidazole rings is 1. The van der Waals surface area contributed by atoms with Gasteiger partial charge in [0.1, 0.15) is 17.5 Å². The number of aliphatic carboxylic acids is 1. The molecule has 2 aromatic carbocycles. The molecule has 0 bridgehead atoms. The summed E-state index contributed by atoms with van der Waals surface area (Å²) >= 11 is 0. The van der Waals surface area contributed by atoms with Crippen LogP contribution in [-0.4, -0.2) is 32.8 Å². The summed E-state index contributed by atoms with van der Waals surface area (Å²) in [4.78, 5) is 13.3. The molecule has 1 aliphatic rings. The molecule has 0 radical (unpaired) electrons. The van der Waals surface area contributed by atoms with Gasteiger partial charge in [0.25, 0.3) is 0 Å². The van der Waals surface area contributed by atoms with Crippen LogP contribution in [0.2, 0.25) is 0 Å². The van der Waals surface area contributed by atoms with Crippen molar-refractivity contribution in [1.29, 1.82) is 0 Å². The second kappa shape index (κ2) is 8.17. The highest BCUT2D eigenvalue weighted by Crippen LogP contribution is 2.33. The Bertz CT molecular complexity index is 1140. The number of benzene rings is 2. The van der Waals surface area contributed by atoms with Gasteiger partial charge < -0.3 is 15.4 Å². The van der Waals surface area contributed by atoms with Crippen molar-refractivity contribution in [2.75, 3.05) is 0 Å². The normalized spacial score (nSPS) is 18.3. The molecular weight excluding hydrogens is 435 g/mol. The average molecular weight is 449 g/mol. The van der Waals surface area contributed by atoms with Crippen LogP contribution in [0.15, 0.2) is 30.3 Å². The fraction of sp³-hybridized carbons (Fsp3) is 0.263. The third kappa shape index (κ3) is 4.63. The summed E-state index contributed by atoms with van der Waals surface area (Å²) in [5, 5.41) is 7.12. The predicted molar refractivity (Wildman–Crippen MR) is 94.1 cm³/mol. The summed E-state index contributed by atoms with van der Waals surface area (Å²) in [5.41, 5.74) is 7.41. The average Bonchev–Trinajstić information content (AvgIpc) is 3.01. The highest BCUT2D eigenvalue weighted by Gasteiger charge is 2.38. The van der Waals surface area contributed by atoms with Crippen LogP contribution in [0.4, 0.5) is 30.7 Å². The van der Waals surface area contributed by atoms with Crippen LogP contribution < -0.4 is 5.73 Å². The number of nitrogens with two attached hydrogens (primary N) is 1. The van der Waals surface area contributed by atoms with E-state index in [-0.39, 0.29) is 17.8 Å². The van der Waals surface area contributed by atoms with Gasteiger partial charge in [-0.1, -0.05) is 0 Å². The Hall–Kier alpha value is -3.15. The molecule has 1 aliphatic heterocycles. The van der Waals surface area contributed by atoms with E-state index in [4.69, 9.17) is 15.6 Å². The van der Waals surface area contributed by atoms with E-state index in [1.54, 1.807) is 10.6 Å². The predicted octanol–water partition coefficient (Wildman–Crippen LogP) is 3.89. The number of hydrogen-bond acceptors (Lipinski definition) is 3. The molecule has 166 valence electrons. The van der Waals surface area contributed by atoms with E-state index >= 15 is 0 Å². The van der Waals surface area contributed by atoms with E-state index in [1.165, 1.54) is 12.1 Å². The second-order valence-electron chi connectivity index (χ2n) is 6.84. The molecule has 3 aromatic rings. The van der Waals surface area contributed by atoms with Crippen LogP contribution >= 0.6 is 0 Å². The number of carboxylic acid groups (broad SMARTS) is 1. The zero-order chi connectivity index (χ0) is 23.1. The van der Waals surface area contributed by atoms with Crippen molar-refractivity contribution in [3.63, 3.8) is 0 Å². The summed E-state index contributed by atoms with van der Waals surface area (Å²) in [6, 6.07) is 5.11. The van der Waals surface area contributed by atoms with Gasteiger partial charge in [-0.2, -0.15) is 13.2 Å². The second-order valence-corrected chi connectivity index (χ2v) is 6.84. The van der Waals surface area contributed by atoms with Crippen molar-refractivity contribution in [3.8, 4) is 0 Å². The Morgan fingerprint density at radius 3 is 2.29 bits per heavy atom. The van der Waals surface area contributed by atoms with E-state index < -0.39 is 41.6 Å². The zero-order valence-corrected chi connectivity index (χ0v) is 15.4. The monoisotopic (exact) mass is 449 g/mol. The lowest BCUT2D eigenvalue weighted by atomic mass is 9.86. The number of carboxylic acids is 1. The summed E-state index contributed by atoms with van der Waals surface area (Å²) in [5.74, 6) is -6.23. The van der Waals surface area contributed by atoms with Crippen LogP contribution in [0.5, 0.6) is 0 Å². The maximum atomic E-state index is 14.1. The molecule has 0 fully saturated rings. The van der Waals surface area contributed by atoms with Gasteiger partial charge in [0.05, 0.1) is 11.0 Å². The molecule has 1 aromatic heterocycles. The molecule has 0 amide bonds. The number of halogens is 7. The van der Waals surface area contributed by atoms with Gasteiger partial charge in [-0.15, -0.1) is 0 Å². The summed E-state index contributed by atoms with van der Waals surface area (Å²) < 4.78 is 87.7. The minimum absolute atomic E-state index is 0.0332. The molecule has 0 spiro atoms. The summed E-state index contributed by atoms with van der Waals surface area (Å²) in [6.07, 6.45) is -4.82. The number of aromatic nitrogens is 2. The highest BCUT2D eigenvalue weighted by molar-refractivity contribution is 5.76. The zero-order valence-electron chi connectivity index (χ0n) is 15.4. The first-order valence-electron chi connectivity index (χ1n) is 8.73. The highest BCUT2D eigenvalue weighted by atomic mass is 19.4. The van der Waals surface area contributed by atoms with Crippen LogP contribution in [0.25, 0.3) is 11.0 Å². The van der Waals surface area contributed by atoms with Crippen LogP contribution in [-0.2, 0) is 17.8 Å². The van der Waals surface area contributed by atoms with Crippen molar-refractivity contribution in [1.82, 2.24) is 9.55 Å². The largest absolute Gasteiger partial charge is 0.490 e. The smallest absolute Gasteiger partial charge is 0.475 e. The standard InChI is InChI=1S/C17H13F4N3.C2HF3O2/c18-8-1-2-15-16(3-8)24-7-14(22)10(5-17(24)23-15)9-4-12(20)13(21)6-11(9)19;3-2(4,5)1(6)7/h1-4,6,10,14H,5,7,22H2;(H,6,7)/t10-,14+;/m1./s1. The molecule has 0 unspecified atom stereocenters. The quantitative estimate of drug-likeness (QED) is 0.436. The van der Waals surface area contributed by atoms with Gasteiger partial charge in [0.2, 0.25) is 0 Å². The van der Waals surface area contributed by atoms with Crippen molar-refractivity contribution < 1.29 is 40.6 Å². The Kier molecular flexibility index (Phi) is 5.94. The number of nitrogens with zero attached hydrogens (tertiary/aromatic N) is 2. The molecule has 4 rings (SSSR count). The van der Waals surface area contributed by atoms with Crippen LogP contribution in [0.3, 0.4) is 0 Å². The topological polar surface area (TPSA) is 81.1 Å². The number of alkyl halides is 3. The lowest BCUT2D eigenvalue weighted by Gasteiger charge is -2.30. The first kappa shape index (κ1) is 22.5. The lowest BCUT2D eigenvalue weighted by molar-refractivity contribution is -0.192. The number of carbonyl (C=O) groups is 1. The van der Waals surface area contributed by atoms with Gasteiger partial charge in [-0.3, -0.25) is 0 Å². The van der Waals surface area contributed by atoms with Gasteiger partial charge in [-0.05, 0) is 29.8 Å². The number of rotatable bonds is 1. The molecule has 12 heteroatoms. The maximum Gasteiger partial charge on any atom is 0.490 e. The number of hydrogen-bond donors (Lipinski definition) is 2. The Morgan fingerprint density at radius 1 is 1.06 bits per heavy atom. The summed E-state index contributed by atoms with van der Waals surface area (Å²) in [6.45, 7) is 0.290. The van der Waals surface area contributed by atoms with Crippen LogP contribution in [0.1, 0.15) is 17.3 Å². The third-order valence-corrected chi connectivity index (χ3v) is 4.78. The van der Waals surface area contributed by atoms with Gasteiger partial charge in [0.15, 0.2) is 11.6 Å². The van der Waals surface area contributed by atoms with E-state index in [0.29, 0.717) is 29.5 Å². The molecule has 2 atom stereocenters. The summed E-state index contributed by atoms with van der Waals surface area (Å²) in [7, 11) is 0. The van der Waals surface area contributed by atoms with E-state index in [1.807, 2.05) is 0 Å². The Labute approximate surface area is 169 Å². The van der Waals surface area contributed by atoms with Crippen molar-refractivity contribution >= 4 is 17.0 Å². The minimum atomic E-state index is -5.08. The van der Waals surface area contributed by atoms with E-state index in [9.17, 15) is 30.7 Å². The van der Waals surface area contributed by atoms with Gasteiger partial charge >= 0.3 is 12.1 Å². The SMILES string of the molecule is N[C@H]1Cn2c(nc3ccc(F)cc32)C[C@@H]1c1cc(F)c(F)cc1F.O=C(O)C(F)(F)F. The third-order valence-electron chi connectivity index (χ3n) is 4.78. The van der Waals surface area contributed by atoms with Crippen molar-refractivity contribution in [3.05, 3.63) is 65.0 Å². The maximum absolute atomic E-state index is 14.1. The van der Waals surface area contributed by atoms with Gasteiger partial charge in [-0.25, -0.2) is 27.3 Å². The first-order valence-corrected chi connectivity index (χ1v) is 8.73. The number of fused-ring (bicyclic) bond motifs is 3. The van der Waals surface area contributed by atoms with E-state index in [2.05, 4.69) is 4.98 Å². The molecule has 0 aliphatic carbocycles. The molecular formula is C19H14F7N3O2.